The van der Waals surface area contributed by atoms with Crippen LogP contribution in [0.5, 0.6) is 0 Å². The predicted molar refractivity (Wildman–Crippen MR) is 73.4 cm³/mol. The van der Waals surface area contributed by atoms with Gasteiger partial charge in [0.15, 0.2) is 0 Å². The highest BCUT2D eigenvalue weighted by Crippen LogP contribution is 2.24. The molecule has 0 amide bonds. The topological polar surface area (TPSA) is 48.1 Å². The van der Waals surface area contributed by atoms with Crippen LogP contribution in [0.4, 0.5) is 0 Å². The lowest BCUT2D eigenvalue weighted by atomic mass is 10.1. The summed E-state index contributed by atoms with van der Waals surface area (Å²) < 4.78 is 5.04. The Kier molecular flexibility index (Phi) is 5.58. The number of thiazole rings is 1. The molecule has 1 heterocycles. The fourth-order valence-electron chi connectivity index (χ4n) is 1.44. The molecule has 2 rings (SSSR count). The second kappa shape index (κ2) is 6.71. The molecule has 0 aliphatic carbocycles. The van der Waals surface area contributed by atoms with Crippen LogP contribution in [0, 0.1) is 0 Å². The zero-order valence-electron chi connectivity index (χ0n) is 9.55. The third kappa shape index (κ3) is 3.51. The Hall–Kier alpha value is -0.940. The molecule has 0 aliphatic rings. The van der Waals surface area contributed by atoms with Crippen molar-refractivity contribution in [2.75, 3.05) is 7.11 Å². The highest BCUT2D eigenvalue weighted by Gasteiger charge is 2.04. The monoisotopic (exact) mass is 270 g/mol. The molecular weight excluding hydrogens is 256 g/mol. The van der Waals surface area contributed by atoms with E-state index in [9.17, 15) is 0 Å². The third-order valence-electron chi connectivity index (χ3n) is 2.28. The number of ether oxygens (including phenoxy) is 1. The zero-order chi connectivity index (χ0) is 11.4. The van der Waals surface area contributed by atoms with Crippen molar-refractivity contribution in [2.45, 2.75) is 13.2 Å². The van der Waals surface area contributed by atoms with Crippen molar-refractivity contribution in [3.05, 3.63) is 40.9 Å². The van der Waals surface area contributed by atoms with E-state index in [4.69, 9.17) is 10.5 Å². The first-order valence-electron chi connectivity index (χ1n) is 5.06. The highest BCUT2D eigenvalue weighted by molar-refractivity contribution is 7.13. The Morgan fingerprint density at radius 2 is 2.00 bits per heavy atom. The summed E-state index contributed by atoms with van der Waals surface area (Å²) in [6.45, 7) is 1.14. The Morgan fingerprint density at radius 1 is 1.29 bits per heavy atom. The fraction of sp³-hybridized carbons (Fsp3) is 0.250. The van der Waals surface area contributed by atoms with E-state index in [1.54, 1.807) is 18.4 Å². The number of hydrogen-bond donors (Lipinski definition) is 1. The summed E-state index contributed by atoms with van der Waals surface area (Å²) in [5.74, 6) is 0. The van der Waals surface area contributed by atoms with E-state index >= 15 is 0 Å². The molecule has 0 atom stereocenters. The SMILES string of the molecule is COCc1csc(-c2ccc(CN)cc2)n1.Cl. The summed E-state index contributed by atoms with van der Waals surface area (Å²) >= 11 is 1.63. The number of aromatic nitrogens is 1. The van der Waals surface area contributed by atoms with Gasteiger partial charge in [0.1, 0.15) is 5.01 Å². The van der Waals surface area contributed by atoms with Crippen LogP contribution in [0.3, 0.4) is 0 Å². The number of methoxy groups -OCH3 is 1. The largest absolute Gasteiger partial charge is 0.378 e. The maximum atomic E-state index is 5.55. The number of halogens is 1. The number of rotatable bonds is 4. The lowest BCUT2D eigenvalue weighted by molar-refractivity contribution is 0.182. The van der Waals surface area contributed by atoms with Crippen molar-refractivity contribution in [2.24, 2.45) is 5.73 Å². The first kappa shape index (κ1) is 14.1. The van der Waals surface area contributed by atoms with Crippen LogP contribution in [0.2, 0.25) is 0 Å². The van der Waals surface area contributed by atoms with Gasteiger partial charge in [0.25, 0.3) is 0 Å². The fourth-order valence-corrected chi connectivity index (χ4v) is 2.25. The minimum absolute atomic E-state index is 0. The van der Waals surface area contributed by atoms with Gasteiger partial charge in [0.2, 0.25) is 0 Å². The minimum atomic E-state index is 0. The summed E-state index contributed by atoms with van der Waals surface area (Å²) in [5, 5.41) is 3.05. The minimum Gasteiger partial charge on any atom is -0.378 e. The van der Waals surface area contributed by atoms with Gasteiger partial charge in [0, 0.05) is 24.6 Å². The van der Waals surface area contributed by atoms with Gasteiger partial charge >= 0.3 is 0 Å². The molecule has 0 fully saturated rings. The maximum absolute atomic E-state index is 5.55. The Labute approximate surface area is 111 Å². The molecule has 0 saturated heterocycles. The summed E-state index contributed by atoms with van der Waals surface area (Å²) in [7, 11) is 1.68. The van der Waals surface area contributed by atoms with Gasteiger partial charge < -0.3 is 10.5 Å². The predicted octanol–water partition coefficient (Wildman–Crippen LogP) is 2.84. The van der Waals surface area contributed by atoms with E-state index in [2.05, 4.69) is 17.1 Å². The van der Waals surface area contributed by atoms with Gasteiger partial charge in [0.05, 0.1) is 12.3 Å². The molecule has 2 N–H and O–H groups in total. The van der Waals surface area contributed by atoms with Crippen LogP contribution in [0.1, 0.15) is 11.3 Å². The molecule has 1 aromatic heterocycles. The smallest absolute Gasteiger partial charge is 0.123 e. The van der Waals surface area contributed by atoms with E-state index in [0.717, 1.165) is 21.8 Å². The number of nitrogens with zero attached hydrogens (tertiary/aromatic N) is 1. The third-order valence-corrected chi connectivity index (χ3v) is 3.22. The molecule has 92 valence electrons. The van der Waals surface area contributed by atoms with Gasteiger partial charge in [-0.15, -0.1) is 23.7 Å². The molecule has 5 heteroatoms. The van der Waals surface area contributed by atoms with E-state index < -0.39 is 0 Å². The van der Waals surface area contributed by atoms with E-state index in [1.165, 1.54) is 0 Å². The summed E-state index contributed by atoms with van der Waals surface area (Å²) in [6.07, 6.45) is 0. The Balaban J connectivity index is 0.00000144. The van der Waals surface area contributed by atoms with E-state index in [-0.39, 0.29) is 12.4 Å². The van der Waals surface area contributed by atoms with Crippen LogP contribution in [0.15, 0.2) is 29.6 Å². The van der Waals surface area contributed by atoms with Gasteiger partial charge in [-0.1, -0.05) is 24.3 Å². The lowest BCUT2D eigenvalue weighted by Crippen LogP contribution is -1.95. The zero-order valence-corrected chi connectivity index (χ0v) is 11.2. The first-order chi connectivity index (χ1) is 7.83. The van der Waals surface area contributed by atoms with Gasteiger partial charge in [-0.25, -0.2) is 4.98 Å². The normalized spacial score (nSPS) is 10.0. The van der Waals surface area contributed by atoms with Crippen LogP contribution in [0.25, 0.3) is 10.6 Å². The average molecular weight is 271 g/mol. The van der Waals surface area contributed by atoms with Crippen molar-refractivity contribution >= 4 is 23.7 Å². The quantitative estimate of drug-likeness (QED) is 0.929. The molecular formula is C12H15ClN2OS. The Bertz CT molecular complexity index is 456. The standard InChI is InChI=1S/C12H14N2OS.ClH/c1-15-7-11-8-16-12(14-11)10-4-2-9(6-13)3-5-10;/h2-5,8H,6-7,13H2,1H3;1H. The Morgan fingerprint density at radius 3 is 2.59 bits per heavy atom. The van der Waals surface area contributed by atoms with Crippen molar-refractivity contribution in [1.29, 1.82) is 0 Å². The highest BCUT2D eigenvalue weighted by atomic mass is 35.5. The average Bonchev–Trinajstić information content (AvgIpc) is 2.78. The summed E-state index contributed by atoms with van der Waals surface area (Å²) in [6, 6.07) is 8.18. The molecule has 0 saturated carbocycles. The van der Waals surface area contributed by atoms with Gasteiger partial charge in [-0.3, -0.25) is 0 Å². The molecule has 2 aromatic rings. The van der Waals surface area contributed by atoms with Crippen LogP contribution < -0.4 is 5.73 Å². The van der Waals surface area contributed by atoms with Gasteiger partial charge in [-0.05, 0) is 5.56 Å². The maximum Gasteiger partial charge on any atom is 0.123 e. The molecule has 0 bridgehead atoms. The molecule has 17 heavy (non-hydrogen) atoms. The number of nitrogens with two attached hydrogens (primary N) is 1. The van der Waals surface area contributed by atoms with Gasteiger partial charge in [-0.2, -0.15) is 0 Å². The molecule has 0 spiro atoms. The van der Waals surface area contributed by atoms with E-state index in [0.29, 0.717) is 13.2 Å². The van der Waals surface area contributed by atoms with Crippen molar-refractivity contribution in [1.82, 2.24) is 4.98 Å². The lowest BCUT2D eigenvalue weighted by Gasteiger charge is -1.98. The number of hydrogen-bond acceptors (Lipinski definition) is 4. The summed E-state index contributed by atoms with van der Waals surface area (Å²) in [5.41, 5.74) is 8.80. The number of benzene rings is 1. The van der Waals surface area contributed by atoms with Crippen molar-refractivity contribution < 1.29 is 4.74 Å². The molecule has 3 nitrogen and oxygen atoms in total. The van der Waals surface area contributed by atoms with Crippen molar-refractivity contribution in [3.8, 4) is 10.6 Å². The van der Waals surface area contributed by atoms with Crippen LogP contribution in [-0.2, 0) is 17.9 Å². The first-order valence-corrected chi connectivity index (χ1v) is 5.94. The van der Waals surface area contributed by atoms with E-state index in [1.807, 2.05) is 17.5 Å². The van der Waals surface area contributed by atoms with Crippen molar-refractivity contribution in [3.63, 3.8) is 0 Å². The second-order valence-electron chi connectivity index (χ2n) is 3.48. The molecule has 0 unspecified atom stereocenters. The van der Waals surface area contributed by atoms with Crippen LogP contribution >= 0.6 is 23.7 Å². The summed E-state index contributed by atoms with van der Waals surface area (Å²) in [4.78, 5) is 4.49. The molecule has 1 aromatic carbocycles. The van der Waals surface area contributed by atoms with Crippen LogP contribution in [-0.4, -0.2) is 12.1 Å². The molecule has 0 aliphatic heterocycles. The molecule has 0 radical (unpaired) electrons. The second-order valence-corrected chi connectivity index (χ2v) is 4.34.